The van der Waals surface area contributed by atoms with Crippen molar-refractivity contribution in [1.29, 1.82) is 0 Å². The van der Waals surface area contributed by atoms with Crippen LogP contribution in [0.1, 0.15) is 25.5 Å². The van der Waals surface area contributed by atoms with E-state index >= 15 is 0 Å². The number of aromatic nitrogens is 3. The minimum atomic E-state index is -0.0468. The number of hydrogen-bond donors (Lipinski definition) is 1. The van der Waals surface area contributed by atoms with E-state index in [-0.39, 0.29) is 18.1 Å². The highest BCUT2D eigenvalue weighted by molar-refractivity contribution is 5.73. The van der Waals surface area contributed by atoms with Crippen molar-refractivity contribution in [1.82, 2.24) is 20.3 Å². The highest BCUT2D eigenvalue weighted by Gasteiger charge is 2.31. The van der Waals surface area contributed by atoms with E-state index in [1.807, 2.05) is 66.4 Å². The molecule has 1 N–H and O–H groups in total. The molecule has 162 valence electrons. The molecule has 1 atom stereocenters. The van der Waals surface area contributed by atoms with E-state index in [0.717, 1.165) is 16.9 Å². The van der Waals surface area contributed by atoms with Gasteiger partial charge in [-0.1, -0.05) is 30.3 Å². The molecule has 2 aromatic heterocycles. The number of carbonyl (C=O) groups is 1. The number of rotatable bonds is 6. The first-order chi connectivity index (χ1) is 15.5. The number of ether oxygens (including phenoxy) is 1. The van der Waals surface area contributed by atoms with Crippen molar-refractivity contribution in [2.75, 3.05) is 18.0 Å². The largest absolute Gasteiger partial charge is 0.487 e. The lowest BCUT2D eigenvalue weighted by atomic mass is 10.1. The Morgan fingerprint density at radius 1 is 1.12 bits per heavy atom. The normalized spacial score (nSPS) is 14.8. The van der Waals surface area contributed by atoms with Gasteiger partial charge in [-0.15, -0.1) is 0 Å². The number of amides is 1. The van der Waals surface area contributed by atoms with Crippen LogP contribution in [-0.4, -0.2) is 40.1 Å². The quantitative estimate of drug-likeness (QED) is 0.499. The zero-order valence-corrected chi connectivity index (χ0v) is 17.9. The van der Waals surface area contributed by atoms with Gasteiger partial charge < -0.3 is 19.4 Å². The van der Waals surface area contributed by atoms with Gasteiger partial charge in [0.2, 0.25) is 17.7 Å². The smallest absolute Gasteiger partial charge is 0.252 e. The van der Waals surface area contributed by atoms with E-state index in [1.165, 1.54) is 6.92 Å². The maximum Gasteiger partial charge on any atom is 0.252 e. The highest BCUT2D eigenvalue weighted by atomic mass is 16.5. The number of oxazole rings is 1. The van der Waals surface area contributed by atoms with E-state index in [0.29, 0.717) is 36.2 Å². The zero-order valence-electron chi connectivity index (χ0n) is 17.9. The topological polar surface area (TPSA) is 93.4 Å². The minimum Gasteiger partial charge on any atom is -0.487 e. The summed E-state index contributed by atoms with van der Waals surface area (Å²) in [5.74, 6) is 1.89. The molecule has 0 aliphatic carbocycles. The third-order valence-corrected chi connectivity index (χ3v) is 5.39. The van der Waals surface area contributed by atoms with Crippen molar-refractivity contribution < 1.29 is 13.9 Å². The number of hydrogen-bond acceptors (Lipinski definition) is 7. The minimum absolute atomic E-state index is 0.0358. The van der Waals surface area contributed by atoms with Gasteiger partial charge in [0.15, 0.2) is 0 Å². The lowest BCUT2D eigenvalue weighted by Gasteiger charge is -2.38. The first-order valence-electron chi connectivity index (χ1n) is 10.5. The van der Waals surface area contributed by atoms with Crippen molar-refractivity contribution in [3.8, 4) is 17.2 Å². The van der Waals surface area contributed by atoms with Crippen molar-refractivity contribution >= 4 is 23.1 Å². The molecule has 1 saturated heterocycles. The van der Waals surface area contributed by atoms with Crippen LogP contribution in [0.4, 0.5) is 5.95 Å². The van der Waals surface area contributed by atoms with Crippen LogP contribution in [-0.2, 0) is 4.79 Å². The van der Waals surface area contributed by atoms with Gasteiger partial charge in [-0.3, -0.25) is 4.79 Å². The van der Waals surface area contributed by atoms with Gasteiger partial charge in [-0.25, -0.2) is 9.97 Å². The Morgan fingerprint density at radius 3 is 2.59 bits per heavy atom. The third-order valence-electron chi connectivity index (χ3n) is 5.39. The van der Waals surface area contributed by atoms with Crippen LogP contribution in [0.2, 0.25) is 0 Å². The molecule has 4 aromatic rings. The molecule has 0 radical (unpaired) electrons. The van der Waals surface area contributed by atoms with Crippen LogP contribution in [0.5, 0.6) is 5.75 Å². The van der Waals surface area contributed by atoms with E-state index in [9.17, 15) is 4.79 Å². The van der Waals surface area contributed by atoms with Crippen LogP contribution in [0.3, 0.4) is 0 Å². The van der Waals surface area contributed by atoms with E-state index in [4.69, 9.17) is 9.15 Å². The van der Waals surface area contributed by atoms with Gasteiger partial charge >= 0.3 is 0 Å². The molecule has 1 aliphatic heterocycles. The van der Waals surface area contributed by atoms with Crippen molar-refractivity contribution in [3.63, 3.8) is 0 Å². The standard InChI is InChI=1S/C24H23N5O3/c1-15(26-16(2)30)17-8-10-19(11-9-17)31-20-13-29(14-20)24-25-12-21-23(28-24)32-22(27-21)18-6-4-3-5-7-18/h3-12,15,20H,13-14H2,1-2H3,(H,26,30)/t15-/m0/s1. The molecule has 8 nitrogen and oxygen atoms in total. The average molecular weight is 429 g/mol. The molecular weight excluding hydrogens is 406 g/mol. The summed E-state index contributed by atoms with van der Waals surface area (Å²) in [4.78, 5) is 26.7. The second-order valence-corrected chi connectivity index (χ2v) is 7.88. The molecule has 1 amide bonds. The van der Waals surface area contributed by atoms with Crippen LogP contribution >= 0.6 is 0 Å². The molecule has 0 spiro atoms. The Labute approximate surface area is 185 Å². The zero-order chi connectivity index (χ0) is 22.1. The molecule has 3 heterocycles. The monoisotopic (exact) mass is 429 g/mol. The second kappa shape index (κ2) is 8.30. The number of carbonyl (C=O) groups excluding carboxylic acids is 1. The first-order valence-corrected chi connectivity index (χ1v) is 10.5. The number of nitrogens with zero attached hydrogens (tertiary/aromatic N) is 4. The van der Waals surface area contributed by atoms with Gasteiger partial charge in [-0.05, 0) is 36.8 Å². The van der Waals surface area contributed by atoms with Crippen molar-refractivity contribution in [3.05, 3.63) is 66.4 Å². The summed E-state index contributed by atoms with van der Waals surface area (Å²) in [5, 5.41) is 2.88. The van der Waals surface area contributed by atoms with Crippen LogP contribution in [0.25, 0.3) is 22.7 Å². The van der Waals surface area contributed by atoms with Gasteiger partial charge in [0.25, 0.3) is 5.71 Å². The van der Waals surface area contributed by atoms with E-state index in [1.54, 1.807) is 6.20 Å². The summed E-state index contributed by atoms with van der Waals surface area (Å²) in [5.41, 5.74) is 3.05. The van der Waals surface area contributed by atoms with Crippen LogP contribution < -0.4 is 15.0 Å². The fourth-order valence-corrected chi connectivity index (χ4v) is 3.67. The Kier molecular flexibility index (Phi) is 5.18. The van der Waals surface area contributed by atoms with Gasteiger partial charge in [0, 0.05) is 12.5 Å². The lowest BCUT2D eigenvalue weighted by Crippen LogP contribution is -2.54. The molecule has 8 heteroatoms. The molecule has 1 fully saturated rings. The SMILES string of the molecule is CC(=O)N[C@@H](C)c1ccc(OC2CN(c3ncc4nc(-c5ccccc5)oc4n3)C2)cc1. The van der Waals surface area contributed by atoms with E-state index < -0.39 is 0 Å². The predicted octanol–water partition coefficient (Wildman–Crippen LogP) is 3.75. The average Bonchev–Trinajstić information content (AvgIpc) is 3.20. The Morgan fingerprint density at radius 2 is 1.88 bits per heavy atom. The lowest BCUT2D eigenvalue weighted by molar-refractivity contribution is -0.119. The van der Waals surface area contributed by atoms with E-state index in [2.05, 4.69) is 20.3 Å². The molecule has 2 aromatic carbocycles. The maximum absolute atomic E-state index is 11.2. The Bertz CT molecular complexity index is 1230. The Hall–Kier alpha value is -3.94. The van der Waals surface area contributed by atoms with Crippen LogP contribution in [0.15, 0.2) is 65.2 Å². The summed E-state index contributed by atoms with van der Waals surface area (Å²) in [7, 11) is 0. The molecule has 0 saturated carbocycles. The summed E-state index contributed by atoms with van der Waals surface area (Å²) in [6.07, 6.45) is 1.75. The first kappa shape index (κ1) is 20.0. The fourth-order valence-electron chi connectivity index (χ4n) is 3.67. The fraction of sp³-hybridized carbons (Fsp3) is 0.250. The molecule has 5 rings (SSSR count). The van der Waals surface area contributed by atoms with Gasteiger partial charge in [0.1, 0.15) is 17.4 Å². The van der Waals surface area contributed by atoms with Crippen molar-refractivity contribution in [2.24, 2.45) is 0 Å². The second-order valence-electron chi connectivity index (χ2n) is 7.88. The molecule has 0 unspecified atom stereocenters. The van der Waals surface area contributed by atoms with Gasteiger partial charge in [0.05, 0.1) is 25.3 Å². The molecule has 0 bridgehead atoms. The van der Waals surface area contributed by atoms with Crippen LogP contribution in [0, 0.1) is 0 Å². The van der Waals surface area contributed by atoms with Crippen molar-refractivity contribution in [2.45, 2.75) is 26.0 Å². The summed E-state index contributed by atoms with van der Waals surface area (Å²) < 4.78 is 11.9. The maximum atomic E-state index is 11.2. The third kappa shape index (κ3) is 4.12. The number of fused-ring (bicyclic) bond motifs is 1. The number of benzene rings is 2. The number of nitrogens with one attached hydrogen (secondary N) is 1. The predicted molar refractivity (Wildman–Crippen MR) is 120 cm³/mol. The Balaban J connectivity index is 1.20. The number of anilines is 1. The van der Waals surface area contributed by atoms with Gasteiger partial charge in [-0.2, -0.15) is 4.98 Å². The molecular formula is C24H23N5O3. The summed E-state index contributed by atoms with van der Waals surface area (Å²) in [6, 6.07) is 17.5. The summed E-state index contributed by atoms with van der Waals surface area (Å²) >= 11 is 0. The molecule has 1 aliphatic rings. The summed E-state index contributed by atoms with van der Waals surface area (Å²) in [6.45, 7) is 4.85. The highest BCUT2D eigenvalue weighted by Crippen LogP contribution is 2.26. The molecule has 32 heavy (non-hydrogen) atoms.